The van der Waals surface area contributed by atoms with E-state index in [0.717, 1.165) is 19.0 Å². The number of hydrogen-bond acceptors (Lipinski definition) is 3. The van der Waals surface area contributed by atoms with Gasteiger partial charge in [0.15, 0.2) is 0 Å². The van der Waals surface area contributed by atoms with Crippen LogP contribution in [0.15, 0.2) is 0 Å². The van der Waals surface area contributed by atoms with E-state index in [-0.39, 0.29) is 0 Å². The van der Waals surface area contributed by atoms with Crippen LogP contribution in [0, 0.1) is 5.41 Å². The highest BCUT2D eigenvalue weighted by atomic mass is 32.1. The number of hydrogen-bond donors (Lipinski definition) is 1. The van der Waals surface area contributed by atoms with Crippen molar-refractivity contribution in [2.75, 3.05) is 13.1 Å². The Kier molecular flexibility index (Phi) is 4.70. The highest BCUT2D eigenvalue weighted by Crippen LogP contribution is 2.45. The second-order valence-electron chi connectivity index (χ2n) is 7.70. The molecule has 0 amide bonds. The van der Waals surface area contributed by atoms with Crippen molar-refractivity contribution >= 4 is 11.3 Å². The molecule has 3 heteroatoms. The zero-order valence-electron chi connectivity index (χ0n) is 13.9. The molecular weight excluding hydrogens is 276 g/mol. The van der Waals surface area contributed by atoms with Gasteiger partial charge in [0.05, 0.1) is 10.7 Å². The van der Waals surface area contributed by atoms with Gasteiger partial charge in [-0.3, -0.25) is 0 Å². The molecule has 118 valence electrons. The number of fused-ring (bicyclic) bond motifs is 1. The average Bonchev–Trinajstić information content (AvgIpc) is 2.89. The third kappa shape index (κ3) is 3.50. The van der Waals surface area contributed by atoms with Gasteiger partial charge in [-0.2, -0.15) is 0 Å². The van der Waals surface area contributed by atoms with Gasteiger partial charge in [-0.1, -0.05) is 20.8 Å². The molecule has 0 aromatic carbocycles. The minimum Gasteiger partial charge on any atom is -0.316 e. The Bertz CT molecular complexity index is 468. The molecule has 2 aliphatic rings. The summed E-state index contributed by atoms with van der Waals surface area (Å²) < 4.78 is 0. The van der Waals surface area contributed by atoms with Crippen LogP contribution in [-0.4, -0.2) is 18.1 Å². The molecule has 1 fully saturated rings. The number of rotatable bonds is 4. The first-order chi connectivity index (χ1) is 10.1. The highest BCUT2D eigenvalue weighted by Gasteiger charge is 2.31. The lowest BCUT2D eigenvalue weighted by atomic mass is 9.73. The third-order valence-corrected chi connectivity index (χ3v) is 6.71. The SMILES string of the molecule is CCNCC1CCCc2sc(C3CCC(C)(C)CC3)nc21. The van der Waals surface area contributed by atoms with Crippen molar-refractivity contribution in [3.63, 3.8) is 0 Å². The first-order valence-electron chi connectivity index (χ1n) is 8.79. The minimum absolute atomic E-state index is 0.557. The van der Waals surface area contributed by atoms with E-state index in [1.807, 2.05) is 11.3 Å². The fourth-order valence-corrected chi connectivity index (χ4v) is 5.23. The number of aromatic nitrogens is 1. The number of nitrogens with zero attached hydrogens (tertiary/aromatic N) is 1. The summed E-state index contributed by atoms with van der Waals surface area (Å²) in [5.41, 5.74) is 2.01. The van der Waals surface area contributed by atoms with E-state index in [1.165, 1.54) is 55.6 Å². The van der Waals surface area contributed by atoms with Gasteiger partial charge in [-0.25, -0.2) is 4.98 Å². The molecule has 1 atom stereocenters. The normalized spacial score (nSPS) is 25.8. The Hall–Kier alpha value is -0.410. The molecule has 1 saturated carbocycles. The Labute approximate surface area is 133 Å². The summed E-state index contributed by atoms with van der Waals surface area (Å²) in [7, 11) is 0. The van der Waals surface area contributed by atoms with Gasteiger partial charge in [-0.15, -0.1) is 11.3 Å². The van der Waals surface area contributed by atoms with Gasteiger partial charge < -0.3 is 5.32 Å². The van der Waals surface area contributed by atoms with Crippen LogP contribution in [0.25, 0.3) is 0 Å². The summed E-state index contributed by atoms with van der Waals surface area (Å²) in [5.74, 6) is 1.41. The van der Waals surface area contributed by atoms with Gasteiger partial charge in [0.2, 0.25) is 0 Å². The Morgan fingerprint density at radius 2 is 2.00 bits per heavy atom. The third-order valence-electron chi connectivity index (χ3n) is 5.42. The molecule has 1 heterocycles. The van der Waals surface area contributed by atoms with Crippen LogP contribution in [0.5, 0.6) is 0 Å². The molecule has 0 radical (unpaired) electrons. The van der Waals surface area contributed by atoms with Crippen LogP contribution in [0.3, 0.4) is 0 Å². The van der Waals surface area contributed by atoms with Crippen LogP contribution in [-0.2, 0) is 6.42 Å². The molecule has 1 unspecified atom stereocenters. The van der Waals surface area contributed by atoms with Gasteiger partial charge in [0.1, 0.15) is 0 Å². The van der Waals surface area contributed by atoms with Gasteiger partial charge in [0.25, 0.3) is 0 Å². The summed E-state index contributed by atoms with van der Waals surface area (Å²) in [6.45, 7) is 9.22. The van der Waals surface area contributed by atoms with Crippen molar-refractivity contribution in [1.29, 1.82) is 0 Å². The molecule has 2 nitrogen and oxygen atoms in total. The lowest BCUT2D eigenvalue weighted by molar-refractivity contribution is 0.224. The van der Waals surface area contributed by atoms with E-state index in [9.17, 15) is 0 Å². The molecule has 2 aliphatic carbocycles. The van der Waals surface area contributed by atoms with Crippen LogP contribution in [0.4, 0.5) is 0 Å². The lowest BCUT2D eigenvalue weighted by Crippen LogP contribution is -2.24. The molecule has 0 saturated heterocycles. The van der Waals surface area contributed by atoms with Gasteiger partial charge >= 0.3 is 0 Å². The van der Waals surface area contributed by atoms with E-state index in [0.29, 0.717) is 11.3 Å². The van der Waals surface area contributed by atoms with Gasteiger partial charge in [0, 0.05) is 23.3 Å². The van der Waals surface area contributed by atoms with Crippen LogP contribution < -0.4 is 5.32 Å². The highest BCUT2D eigenvalue weighted by molar-refractivity contribution is 7.11. The zero-order chi connectivity index (χ0) is 14.9. The van der Waals surface area contributed by atoms with Crippen molar-refractivity contribution in [2.24, 2.45) is 5.41 Å². The second kappa shape index (κ2) is 6.37. The van der Waals surface area contributed by atoms with E-state index in [1.54, 1.807) is 4.88 Å². The number of aryl methyl sites for hydroxylation is 1. The summed E-state index contributed by atoms with van der Waals surface area (Å²) in [6, 6.07) is 0. The number of nitrogens with one attached hydrogen (secondary N) is 1. The lowest BCUT2D eigenvalue weighted by Gasteiger charge is -2.33. The maximum absolute atomic E-state index is 5.14. The molecule has 0 spiro atoms. The van der Waals surface area contributed by atoms with Crippen LogP contribution >= 0.6 is 11.3 Å². The Morgan fingerprint density at radius 3 is 2.71 bits per heavy atom. The smallest absolute Gasteiger partial charge is 0.0962 e. The molecule has 21 heavy (non-hydrogen) atoms. The molecule has 1 aromatic rings. The average molecular weight is 307 g/mol. The topological polar surface area (TPSA) is 24.9 Å². The summed E-state index contributed by atoms with van der Waals surface area (Å²) in [5, 5.41) is 4.98. The zero-order valence-corrected chi connectivity index (χ0v) is 14.7. The van der Waals surface area contributed by atoms with Crippen molar-refractivity contribution in [3.8, 4) is 0 Å². The predicted octanol–water partition coefficient (Wildman–Crippen LogP) is 4.86. The number of thiazole rings is 1. The molecular formula is C18H30N2S. The summed E-state index contributed by atoms with van der Waals surface area (Å²) >= 11 is 2.04. The monoisotopic (exact) mass is 306 g/mol. The maximum Gasteiger partial charge on any atom is 0.0962 e. The second-order valence-corrected chi connectivity index (χ2v) is 8.81. The molecule has 3 rings (SSSR count). The molecule has 0 aliphatic heterocycles. The maximum atomic E-state index is 5.14. The Morgan fingerprint density at radius 1 is 1.24 bits per heavy atom. The fourth-order valence-electron chi connectivity index (χ4n) is 3.86. The summed E-state index contributed by atoms with van der Waals surface area (Å²) in [6.07, 6.45) is 9.36. The van der Waals surface area contributed by atoms with Crippen LogP contribution in [0.1, 0.15) is 86.7 Å². The van der Waals surface area contributed by atoms with Crippen molar-refractivity contribution < 1.29 is 0 Å². The Balaban J connectivity index is 1.72. The standard InChI is InChI=1S/C18H30N2S/c1-4-19-12-14-6-5-7-15-16(14)20-17(21-15)13-8-10-18(2,3)11-9-13/h13-14,19H,4-12H2,1-3H3. The predicted molar refractivity (Wildman–Crippen MR) is 91.3 cm³/mol. The largest absolute Gasteiger partial charge is 0.316 e. The molecule has 1 N–H and O–H groups in total. The van der Waals surface area contributed by atoms with Crippen LogP contribution in [0.2, 0.25) is 0 Å². The van der Waals surface area contributed by atoms with Crippen molar-refractivity contribution in [1.82, 2.24) is 10.3 Å². The first kappa shape index (κ1) is 15.5. The van der Waals surface area contributed by atoms with E-state index in [2.05, 4.69) is 26.1 Å². The van der Waals surface area contributed by atoms with Gasteiger partial charge in [-0.05, 0) is 56.9 Å². The molecule has 1 aromatic heterocycles. The summed E-state index contributed by atoms with van der Waals surface area (Å²) in [4.78, 5) is 6.74. The minimum atomic E-state index is 0.557. The van der Waals surface area contributed by atoms with E-state index >= 15 is 0 Å². The number of likely N-dealkylation sites (N-methyl/N-ethyl adjacent to an activating group) is 1. The first-order valence-corrected chi connectivity index (χ1v) is 9.61. The van der Waals surface area contributed by atoms with E-state index < -0.39 is 0 Å². The molecule has 0 bridgehead atoms. The fraction of sp³-hybridized carbons (Fsp3) is 0.833. The van der Waals surface area contributed by atoms with Crippen molar-refractivity contribution in [3.05, 3.63) is 15.6 Å². The van der Waals surface area contributed by atoms with E-state index in [4.69, 9.17) is 4.98 Å². The van der Waals surface area contributed by atoms with Crippen molar-refractivity contribution in [2.45, 2.75) is 77.6 Å². The quantitative estimate of drug-likeness (QED) is 0.859.